The third-order valence-corrected chi connectivity index (χ3v) is 5.54. The third-order valence-electron chi connectivity index (χ3n) is 2.49. The van der Waals surface area contributed by atoms with Crippen LogP contribution in [0.4, 0.5) is 8.78 Å². The lowest BCUT2D eigenvalue weighted by Crippen LogP contribution is -1.79. The van der Waals surface area contributed by atoms with Crippen LogP contribution in [-0.2, 0) is 0 Å². The first-order valence-electron chi connectivity index (χ1n) is 6.23. The Morgan fingerprint density at radius 2 is 1.13 bits per heavy atom. The van der Waals surface area contributed by atoms with Crippen molar-refractivity contribution in [3.63, 3.8) is 0 Å². The first-order valence-corrected chi connectivity index (χ1v) is 9.00. The largest absolute Gasteiger partial charge is 0.207 e. The predicted molar refractivity (Wildman–Crippen MR) is 97.2 cm³/mol. The standard InChI is InChI=1S/C16H9Cl3F2S2/c17-14(16(18)19)9-15(22-12-5-1-10(20)2-6-12)23-13-7-3-11(21)4-8-13/h1-9H. The number of hydrogen-bond donors (Lipinski definition) is 0. The van der Waals surface area contributed by atoms with E-state index in [1.54, 1.807) is 30.3 Å². The zero-order chi connectivity index (χ0) is 16.8. The highest BCUT2D eigenvalue weighted by Crippen LogP contribution is 2.41. The van der Waals surface area contributed by atoms with Gasteiger partial charge in [0.2, 0.25) is 0 Å². The molecule has 0 radical (unpaired) electrons. The first-order chi connectivity index (χ1) is 10.9. The van der Waals surface area contributed by atoms with Gasteiger partial charge in [0.25, 0.3) is 0 Å². The molecule has 0 aromatic heterocycles. The molecule has 2 aromatic rings. The molecule has 0 heterocycles. The van der Waals surface area contributed by atoms with E-state index in [2.05, 4.69) is 0 Å². The summed E-state index contributed by atoms with van der Waals surface area (Å²) in [6, 6.07) is 12.1. The normalized spacial score (nSPS) is 10.3. The molecule has 2 aromatic carbocycles. The highest BCUT2D eigenvalue weighted by molar-refractivity contribution is 8.22. The molecular formula is C16H9Cl3F2S2. The second kappa shape index (κ2) is 9.00. The maximum atomic E-state index is 13.0. The monoisotopic (exact) mass is 408 g/mol. The molecule has 0 N–H and O–H groups in total. The molecule has 0 saturated carbocycles. The van der Waals surface area contributed by atoms with Gasteiger partial charge < -0.3 is 0 Å². The summed E-state index contributed by atoms with van der Waals surface area (Å²) >= 11 is 20.1. The Labute approximate surface area is 156 Å². The van der Waals surface area contributed by atoms with Crippen molar-refractivity contribution in [2.24, 2.45) is 0 Å². The van der Waals surface area contributed by atoms with Crippen LogP contribution in [0.2, 0.25) is 0 Å². The Hall–Kier alpha value is -0.650. The molecule has 0 aliphatic heterocycles. The Balaban J connectivity index is 2.26. The van der Waals surface area contributed by atoms with Gasteiger partial charge in [0.15, 0.2) is 0 Å². The Bertz CT molecular complexity index is 672. The molecule has 0 fully saturated rings. The van der Waals surface area contributed by atoms with E-state index in [1.165, 1.54) is 47.8 Å². The zero-order valence-electron chi connectivity index (χ0n) is 11.4. The van der Waals surface area contributed by atoms with E-state index in [0.29, 0.717) is 0 Å². The van der Waals surface area contributed by atoms with Crippen LogP contribution < -0.4 is 0 Å². The van der Waals surface area contributed by atoms with Gasteiger partial charge in [-0.15, -0.1) is 0 Å². The highest BCUT2D eigenvalue weighted by atomic mass is 35.5. The quantitative estimate of drug-likeness (QED) is 0.369. The summed E-state index contributed by atoms with van der Waals surface area (Å²) in [6.45, 7) is 0. The van der Waals surface area contributed by atoms with E-state index >= 15 is 0 Å². The summed E-state index contributed by atoms with van der Waals surface area (Å²) < 4.78 is 26.7. The molecule has 0 aliphatic carbocycles. The molecule has 0 nitrogen and oxygen atoms in total. The predicted octanol–water partition coefficient (Wildman–Crippen LogP) is 7.58. The molecule has 0 atom stereocenters. The van der Waals surface area contributed by atoms with Crippen LogP contribution in [0.25, 0.3) is 0 Å². The Kier molecular flexibility index (Phi) is 7.31. The fraction of sp³-hybridized carbons (Fsp3) is 0. The average Bonchev–Trinajstić information content (AvgIpc) is 2.51. The number of rotatable bonds is 5. The second-order valence-corrected chi connectivity index (χ2v) is 8.03. The van der Waals surface area contributed by atoms with E-state index in [0.717, 1.165) is 14.0 Å². The van der Waals surface area contributed by atoms with Gasteiger partial charge in [-0.05, 0) is 54.6 Å². The lowest BCUT2D eigenvalue weighted by Gasteiger charge is -2.07. The number of allylic oxidation sites excluding steroid dienone is 2. The van der Waals surface area contributed by atoms with Crippen LogP contribution in [-0.4, -0.2) is 0 Å². The van der Waals surface area contributed by atoms with Crippen LogP contribution in [0.15, 0.2) is 78.2 Å². The van der Waals surface area contributed by atoms with E-state index < -0.39 is 0 Å². The van der Waals surface area contributed by atoms with Crippen LogP contribution >= 0.6 is 58.3 Å². The van der Waals surface area contributed by atoms with Gasteiger partial charge in [0.05, 0.1) is 9.27 Å². The first kappa shape index (κ1) is 18.7. The fourth-order valence-electron chi connectivity index (χ4n) is 1.48. The van der Waals surface area contributed by atoms with E-state index in [4.69, 9.17) is 34.8 Å². The average molecular weight is 410 g/mol. The lowest BCUT2D eigenvalue weighted by molar-refractivity contribution is 0.626. The number of thioether (sulfide) groups is 2. The van der Waals surface area contributed by atoms with Crippen molar-refractivity contribution in [1.29, 1.82) is 0 Å². The van der Waals surface area contributed by atoms with Crippen molar-refractivity contribution in [2.45, 2.75) is 9.79 Å². The summed E-state index contributed by atoms with van der Waals surface area (Å²) in [5, 5.41) is 0.188. The van der Waals surface area contributed by atoms with Gasteiger partial charge in [-0.2, -0.15) is 0 Å². The minimum Gasteiger partial charge on any atom is -0.207 e. The van der Waals surface area contributed by atoms with Crippen molar-refractivity contribution in [1.82, 2.24) is 0 Å². The molecule has 0 aliphatic rings. The van der Waals surface area contributed by atoms with Gasteiger partial charge in [-0.3, -0.25) is 0 Å². The lowest BCUT2D eigenvalue weighted by atomic mass is 10.4. The summed E-state index contributed by atoms with van der Waals surface area (Å²) in [5.74, 6) is -0.624. The molecule has 0 amide bonds. The van der Waals surface area contributed by atoms with Crippen LogP contribution in [0.5, 0.6) is 0 Å². The van der Waals surface area contributed by atoms with Crippen molar-refractivity contribution in [2.75, 3.05) is 0 Å². The smallest absolute Gasteiger partial charge is 0.125 e. The van der Waals surface area contributed by atoms with E-state index in [1.807, 2.05) is 0 Å². The third kappa shape index (κ3) is 6.40. The number of halogens is 5. The van der Waals surface area contributed by atoms with Crippen molar-refractivity contribution in [3.8, 4) is 0 Å². The van der Waals surface area contributed by atoms with Crippen LogP contribution in [0.3, 0.4) is 0 Å². The maximum Gasteiger partial charge on any atom is 0.125 e. The molecule has 120 valence electrons. The molecule has 0 spiro atoms. The second-order valence-electron chi connectivity index (χ2n) is 4.18. The van der Waals surface area contributed by atoms with Crippen molar-refractivity contribution >= 4 is 58.3 Å². The molecule has 7 heteroatoms. The molecule has 2 rings (SSSR count). The van der Waals surface area contributed by atoms with Gasteiger partial charge in [-0.1, -0.05) is 58.3 Å². The summed E-state index contributed by atoms with van der Waals surface area (Å²) in [7, 11) is 0. The molecule has 0 saturated heterocycles. The zero-order valence-corrected chi connectivity index (χ0v) is 15.3. The Morgan fingerprint density at radius 3 is 1.48 bits per heavy atom. The SMILES string of the molecule is Fc1ccc(SC(=CC(Cl)=C(Cl)Cl)Sc2ccc(F)cc2)cc1. The summed E-state index contributed by atoms with van der Waals surface area (Å²) in [5.41, 5.74) is 0. The minimum atomic E-state index is -0.312. The van der Waals surface area contributed by atoms with Gasteiger partial charge >= 0.3 is 0 Å². The highest BCUT2D eigenvalue weighted by Gasteiger charge is 2.07. The van der Waals surface area contributed by atoms with Crippen LogP contribution in [0.1, 0.15) is 0 Å². The molecule has 0 bridgehead atoms. The topological polar surface area (TPSA) is 0 Å². The van der Waals surface area contributed by atoms with E-state index in [-0.39, 0.29) is 21.2 Å². The molecule has 0 unspecified atom stereocenters. The van der Waals surface area contributed by atoms with Gasteiger partial charge in [0.1, 0.15) is 16.1 Å². The van der Waals surface area contributed by atoms with Crippen LogP contribution in [0, 0.1) is 11.6 Å². The molecule has 23 heavy (non-hydrogen) atoms. The van der Waals surface area contributed by atoms with Gasteiger partial charge in [-0.25, -0.2) is 8.78 Å². The Morgan fingerprint density at radius 1 is 0.739 bits per heavy atom. The number of benzene rings is 2. The van der Waals surface area contributed by atoms with Gasteiger partial charge in [0, 0.05) is 9.79 Å². The molecular weight excluding hydrogens is 401 g/mol. The number of hydrogen-bond acceptors (Lipinski definition) is 2. The minimum absolute atomic E-state index is 0.0522. The summed E-state index contributed by atoms with van der Waals surface area (Å²) in [4.78, 5) is 1.64. The maximum absolute atomic E-state index is 13.0. The van der Waals surface area contributed by atoms with E-state index in [9.17, 15) is 8.78 Å². The van der Waals surface area contributed by atoms with Crippen molar-refractivity contribution in [3.05, 3.63) is 80.0 Å². The fourth-order valence-corrected chi connectivity index (χ4v) is 3.93. The van der Waals surface area contributed by atoms with Crippen molar-refractivity contribution < 1.29 is 8.78 Å². The summed E-state index contributed by atoms with van der Waals surface area (Å²) in [6.07, 6.45) is 1.61.